The molecule has 0 aliphatic heterocycles. The standard InChI is InChI=1S/C16H18N4O/c1-2-13-10-16(20-15(19-13)8-9-18-20)17-11-14(21)12-6-4-3-5-7-12/h3-10,14,17,21H,2,11H2,1H3. The summed E-state index contributed by atoms with van der Waals surface area (Å²) >= 11 is 0. The van der Waals surface area contributed by atoms with Gasteiger partial charge in [0, 0.05) is 24.4 Å². The first-order chi connectivity index (χ1) is 10.3. The topological polar surface area (TPSA) is 62.5 Å². The molecule has 0 amide bonds. The van der Waals surface area contributed by atoms with E-state index < -0.39 is 6.10 Å². The minimum Gasteiger partial charge on any atom is -0.387 e. The Balaban J connectivity index is 1.80. The van der Waals surface area contributed by atoms with Crippen LogP contribution >= 0.6 is 0 Å². The maximum absolute atomic E-state index is 10.2. The molecule has 21 heavy (non-hydrogen) atoms. The van der Waals surface area contributed by atoms with E-state index in [1.54, 1.807) is 10.7 Å². The van der Waals surface area contributed by atoms with Crippen LogP contribution in [0.2, 0.25) is 0 Å². The fourth-order valence-electron chi connectivity index (χ4n) is 2.27. The molecule has 1 atom stereocenters. The zero-order valence-corrected chi connectivity index (χ0v) is 11.9. The first-order valence-electron chi connectivity index (χ1n) is 7.08. The molecular weight excluding hydrogens is 264 g/mol. The number of anilines is 1. The number of aryl methyl sites for hydroxylation is 1. The Morgan fingerprint density at radius 2 is 2.05 bits per heavy atom. The summed E-state index contributed by atoms with van der Waals surface area (Å²) < 4.78 is 1.75. The van der Waals surface area contributed by atoms with Gasteiger partial charge in [0.15, 0.2) is 5.65 Å². The molecule has 1 aromatic carbocycles. The third-order valence-corrected chi connectivity index (χ3v) is 3.44. The van der Waals surface area contributed by atoms with Crippen molar-refractivity contribution < 1.29 is 5.11 Å². The van der Waals surface area contributed by atoms with E-state index >= 15 is 0 Å². The van der Waals surface area contributed by atoms with Crippen molar-refractivity contribution in [2.45, 2.75) is 19.4 Å². The number of benzene rings is 1. The van der Waals surface area contributed by atoms with Crippen LogP contribution in [0, 0.1) is 0 Å². The van der Waals surface area contributed by atoms with Crippen molar-refractivity contribution in [2.75, 3.05) is 11.9 Å². The van der Waals surface area contributed by atoms with Gasteiger partial charge in [-0.1, -0.05) is 37.3 Å². The highest BCUT2D eigenvalue weighted by Crippen LogP contribution is 2.16. The third-order valence-electron chi connectivity index (χ3n) is 3.44. The molecule has 0 radical (unpaired) electrons. The van der Waals surface area contributed by atoms with Crippen LogP contribution in [-0.2, 0) is 6.42 Å². The van der Waals surface area contributed by atoms with Gasteiger partial charge < -0.3 is 10.4 Å². The highest BCUT2D eigenvalue weighted by atomic mass is 16.3. The van der Waals surface area contributed by atoms with E-state index in [4.69, 9.17) is 0 Å². The van der Waals surface area contributed by atoms with Crippen molar-refractivity contribution in [2.24, 2.45) is 0 Å². The van der Waals surface area contributed by atoms with Crippen LogP contribution in [-0.4, -0.2) is 26.2 Å². The molecule has 2 heterocycles. The van der Waals surface area contributed by atoms with Gasteiger partial charge in [0.25, 0.3) is 0 Å². The highest BCUT2D eigenvalue weighted by molar-refractivity contribution is 5.49. The summed E-state index contributed by atoms with van der Waals surface area (Å²) in [6, 6.07) is 13.5. The number of rotatable bonds is 5. The van der Waals surface area contributed by atoms with Crippen molar-refractivity contribution in [1.82, 2.24) is 14.6 Å². The lowest BCUT2D eigenvalue weighted by Gasteiger charge is -2.14. The minimum absolute atomic E-state index is 0.423. The van der Waals surface area contributed by atoms with E-state index in [-0.39, 0.29) is 0 Å². The monoisotopic (exact) mass is 282 g/mol. The predicted octanol–water partition coefficient (Wildman–Crippen LogP) is 2.44. The fraction of sp³-hybridized carbons (Fsp3) is 0.250. The average Bonchev–Trinajstić information content (AvgIpc) is 3.01. The number of aromatic nitrogens is 3. The summed E-state index contributed by atoms with van der Waals surface area (Å²) in [5.41, 5.74) is 2.71. The van der Waals surface area contributed by atoms with E-state index in [0.717, 1.165) is 29.1 Å². The molecule has 2 N–H and O–H groups in total. The summed E-state index contributed by atoms with van der Waals surface area (Å²) in [5, 5.41) is 17.7. The Morgan fingerprint density at radius 1 is 1.24 bits per heavy atom. The summed E-state index contributed by atoms with van der Waals surface area (Å²) in [5.74, 6) is 0.844. The zero-order chi connectivity index (χ0) is 14.7. The van der Waals surface area contributed by atoms with Crippen LogP contribution in [0.25, 0.3) is 5.65 Å². The first kappa shape index (κ1) is 13.6. The molecule has 2 aromatic heterocycles. The molecule has 3 rings (SSSR count). The molecule has 108 valence electrons. The summed E-state index contributed by atoms with van der Waals surface area (Å²) in [6.07, 6.45) is 2.02. The molecule has 5 nitrogen and oxygen atoms in total. The van der Waals surface area contributed by atoms with Crippen molar-refractivity contribution in [3.63, 3.8) is 0 Å². The Morgan fingerprint density at radius 3 is 2.81 bits per heavy atom. The van der Waals surface area contributed by atoms with Crippen LogP contribution in [0.4, 0.5) is 5.82 Å². The van der Waals surface area contributed by atoms with Crippen LogP contribution in [0.3, 0.4) is 0 Å². The fourth-order valence-corrected chi connectivity index (χ4v) is 2.27. The van der Waals surface area contributed by atoms with Gasteiger partial charge in [-0.25, -0.2) is 4.98 Å². The average molecular weight is 282 g/mol. The largest absolute Gasteiger partial charge is 0.387 e. The summed E-state index contributed by atoms with van der Waals surface area (Å²) in [4.78, 5) is 4.50. The molecule has 3 aromatic rings. The SMILES string of the molecule is CCc1cc(NCC(O)c2ccccc2)n2nccc2n1. The van der Waals surface area contributed by atoms with E-state index in [1.165, 1.54) is 0 Å². The lowest BCUT2D eigenvalue weighted by atomic mass is 10.1. The second-order valence-corrected chi connectivity index (χ2v) is 4.89. The maximum Gasteiger partial charge on any atom is 0.157 e. The molecule has 0 saturated heterocycles. The Hall–Kier alpha value is -2.40. The Labute approximate surface area is 123 Å². The van der Waals surface area contributed by atoms with Gasteiger partial charge >= 0.3 is 0 Å². The van der Waals surface area contributed by atoms with Gasteiger partial charge in [0.2, 0.25) is 0 Å². The van der Waals surface area contributed by atoms with Gasteiger partial charge in [0.1, 0.15) is 5.82 Å². The third kappa shape index (κ3) is 2.87. The number of nitrogens with zero attached hydrogens (tertiary/aromatic N) is 3. The van der Waals surface area contributed by atoms with Crippen LogP contribution in [0.15, 0.2) is 48.7 Å². The predicted molar refractivity (Wildman–Crippen MR) is 82.3 cm³/mol. The highest BCUT2D eigenvalue weighted by Gasteiger charge is 2.09. The lowest BCUT2D eigenvalue weighted by molar-refractivity contribution is 0.191. The van der Waals surface area contributed by atoms with E-state index in [0.29, 0.717) is 6.54 Å². The molecule has 0 bridgehead atoms. The smallest absolute Gasteiger partial charge is 0.157 e. The number of nitrogens with one attached hydrogen (secondary N) is 1. The molecular formula is C16H18N4O. The number of aliphatic hydroxyl groups excluding tert-OH is 1. The molecule has 1 unspecified atom stereocenters. The van der Waals surface area contributed by atoms with Crippen molar-refractivity contribution >= 4 is 11.5 Å². The van der Waals surface area contributed by atoms with Gasteiger partial charge in [-0.05, 0) is 12.0 Å². The molecule has 0 fully saturated rings. The summed E-state index contributed by atoms with van der Waals surface area (Å²) in [6.45, 7) is 2.49. The molecule has 0 spiro atoms. The Kier molecular flexibility index (Phi) is 3.83. The van der Waals surface area contributed by atoms with Crippen LogP contribution in [0.1, 0.15) is 24.3 Å². The number of hydrogen-bond donors (Lipinski definition) is 2. The van der Waals surface area contributed by atoms with Gasteiger partial charge in [-0.15, -0.1) is 0 Å². The van der Waals surface area contributed by atoms with Gasteiger partial charge in [0.05, 0.1) is 12.3 Å². The zero-order valence-electron chi connectivity index (χ0n) is 11.9. The first-order valence-corrected chi connectivity index (χ1v) is 7.08. The Bertz CT molecular complexity index is 723. The molecule has 0 aliphatic carbocycles. The quantitative estimate of drug-likeness (QED) is 0.754. The second kappa shape index (κ2) is 5.93. The van der Waals surface area contributed by atoms with Crippen LogP contribution < -0.4 is 5.32 Å². The normalized spacial score (nSPS) is 12.5. The lowest BCUT2D eigenvalue weighted by Crippen LogP contribution is -2.15. The minimum atomic E-state index is -0.560. The molecule has 5 heteroatoms. The van der Waals surface area contributed by atoms with Crippen LogP contribution in [0.5, 0.6) is 0 Å². The van der Waals surface area contributed by atoms with Crippen molar-refractivity contribution in [3.8, 4) is 0 Å². The summed E-state index contributed by atoms with van der Waals surface area (Å²) in [7, 11) is 0. The van der Waals surface area contributed by atoms with Gasteiger partial charge in [-0.2, -0.15) is 9.61 Å². The van der Waals surface area contributed by atoms with Crippen molar-refractivity contribution in [3.05, 3.63) is 59.9 Å². The number of aliphatic hydroxyl groups is 1. The van der Waals surface area contributed by atoms with E-state index in [9.17, 15) is 5.11 Å². The van der Waals surface area contributed by atoms with E-state index in [1.807, 2.05) is 42.5 Å². The van der Waals surface area contributed by atoms with E-state index in [2.05, 4.69) is 22.3 Å². The van der Waals surface area contributed by atoms with Gasteiger partial charge in [-0.3, -0.25) is 0 Å². The van der Waals surface area contributed by atoms with Crippen molar-refractivity contribution in [1.29, 1.82) is 0 Å². The number of hydrogen-bond acceptors (Lipinski definition) is 4. The second-order valence-electron chi connectivity index (χ2n) is 4.89. The molecule has 0 saturated carbocycles. The maximum atomic E-state index is 10.2. The number of fused-ring (bicyclic) bond motifs is 1. The molecule has 0 aliphatic rings.